The van der Waals surface area contributed by atoms with Gasteiger partial charge in [-0.15, -0.1) is 5.10 Å². The van der Waals surface area contributed by atoms with Gasteiger partial charge in [0.05, 0.1) is 6.20 Å². The van der Waals surface area contributed by atoms with Gasteiger partial charge in [-0.2, -0.15) is 10.1 Å². The molecule has 0 bridgehead atoms. The van der Waals surface area contributed by atoms with Gasteiger partial charge >= 0.3 is 0 Å². The van der Waals surface area contributed by atoms with Crippen molar-refractivity contribution >= 4 is 33.4 Å². The van der Waals surface area contributed by atoms with Gasteiger partial charge in [0, 0.05) is 29.1 Å². The summed E-state index contributed by atoms with van der Waals surface area (Å²) in [6, 6.07) is 11.7. The molecule has 2 heterocycles. The van der Waals surface area contributed by atoms with Crippen LogP contribution in [-0.4, -0.2) is 20.2 Å². The van der Waals surface area contributed by atoms with Crippen molar-refractivity contribution < 1.29 is 0 Å². The van der Waals surface area contributed by atoms with Crippen LogP contribution in [0.2, 0.25) is 0 Å². The van der Waals surface area contributed by atoms with E-state index in [1.165, 1.54) is 0 Å². The molecule has 22 heavy (non-hydrogen) atoms. The van der Waals surface area contributed by atoms with Crippen molar-refractivity contribution in [2.75, 3.05) is 10.6 Å². The molecule has 0 spiro atoms. The van der Waals surface area contributed by atoms with E-state index in [0.717, 1.165) is 15.7 Å². The first-order valence-electron chi connectivity index (χ1n) is 6.65. The molecule has 3 aromatic rings. The molecule has 3 rings (SSSR count). The lowest BCUT2D eigenvalue weighted by atomic mass is 10.3. The Kier molecular flexibility index (Phi) is 4.55. The summed E-state index contributed by atoms with van der Waals surface area (Å²) in [5.74, 6) is 1.09. The summed E-state index contributed by atoms with van der Waals surface area (Å²) in [6.45, 7) is 0.595. The molecule has 0 aliphatic heterocycles. The molecule has 0 saturated heterocycles. The Morgan fingerprint density at radius 3 is 2.68 bits per heavy atom. The first-order valence-corrected chi connectivity index (χ1v) is 7.44. The molecule has 0 atom stereocenters. The fourth-order valence-electron chi connectivity index (χ4n) is 1.80. The molecule has 7 heteroatoms. The lowest BCUT2D eigenvalue weighted by Crippen LogP contribution is -2.06. The lowest BCUT2D eigenvalue weighted by Gasteiger charge is -2.07. The summed E-state index contributed by atoms with van der Waals surface area (Å²) in [5, 5.41) is 14.2. The molecule has 6 nitrogen and oxygen atoms in total. The highest BCUT2D eigenvalue weighted by Gasteiger charge is 2.01. The van der Waals surface area contributed by atoms with Crippen molar-refractivity contribution in [1.29, 1.82) is 0 Å². The average molecular weight is 357 g/mol. The number of rotatable bonds is 5. The van der Waals surface area contributed by atoms with Gasteiger partial charge < -0.3 is 10.6 Å². The van der Waals surface area contributed by atoms with Crippen LogP contribution in [-0.2, 0) is 6.54 Å². The zero-order valence-corrected chi connectivity index (χ0v) is 13.2. The SMILES string of the molecule is Brc1ccc(Nc2cnnc(NCc3cccnc3)n2)cc1. The second-order valence-corrected chi connectivity index (χ2v) is 5.43. The molecular formula is C15H13BrN6. The molecule has 1 aromatic carbocycles. The highest BCUT2D eigenvalue weighted by molar-refractivity contribution is 9.10. The Balaban J connectivity index is 1.66. The number of hydrogen-bond donors (Lipinski definition) is 2. The maximum atomic E-state index is 4.38. The van der Waals surface area contributed by atoms with Crippen molar-refractivity contribution in [2.24, 2.45) is 0 Å². The number of benzene rings is 1. The van der Waals surface area contributed by atoms with Crippen LogP contribution in [0.1, 0.15) is 5.56 Å². The van der Waals surface area contributed by atoms with E-state index in [1.54, 1.807) is 18.6 Å². The molecule has 0 amide bonds. The van der Waals surface area contributed by atoms with Crippen LogP contribution < -0.4 is 10.6 Å². The van der Waals surface area contributed by atoms with Crippen LogP contribution in [0.4, 0.5) is 17.5 Å². The quantitative estimate of drug-likeness (QED) is 0.729. The molecule has 0 saturated carbocycles. The fourth-order valence-corrected chi connectivity index (χ4v) is 2.07. The van der Waals surface area contributed by atoms with Crippen LogP contribution in [0, 0.1) is 0 Å². The zero-order valence-electron chi connectivity index (χ0n) is 11.6. The van der Waals surface area contributed by atoms with Gasteiger partial charge in [-0.1, -0.05) is 22.0 Å². The first kappa shape index (κ1) is 14.4. The van der Waals surface area contributed by atoms with E-state index >= 15 is 0 Å². The zero-order chi connectivity index (χ0) is 15.2. The highest BCUT2D eigenvalue weighted by atomic mass is 79.9. The summed E-state index contributed by atoms with van der Waals surface area (Å²) >= 11 is 3.40. The summed E-state index contributed by atoms with van der Waals surface area (Å²) in [7, 11) is 0. The molecule has 0 fully saturated rings. The van der Waals surface area contributed by atoms with Crippen molar-refractivity contribution in [3.8, 4) is 0 Å². The van der Waals surface area contributed by atoms with E-state index in [0.29, 0.717) is 18.3 Å². The van der Waals surface area contributed by atoms with Gasteiger partial charge in [-0.25, -0.2) is 0 Å². The Hall–Kier alpha value is -2.54. The van der Waals surface area contributed by atoms with E-state index in [4.69, 9.17) is 0 Å². The van der Waals surface area contributed by atoms with E-state index in [-0.39, 0.29) is 0 Å². The van der Waals surface area contributed by atoms with E-state index in [9.17, 15) is 0 Å². The van der Waals surface area contributed by atoms with Crippen LogP contribution in [0.25, 0.3) is 0 Å². The lowest BCUT2D eigenvalue weighted by molar-refractivity contribution is 0.946. The molecule has 0 radical (unpaired) electrons. The Morgan fingerprint density at radius 2 is 1.91 bits per heavy atom. The predicted molar refractivity (Wildman–Crippen MR) is 88.8 cm³/mol. The summed E-state index contributed by atoms with van der Waals surface area (Å²) in [5.41, 5.74) is 1.99. The molecule has 0 aliphatic carbocycles. The van der Waals surface area contributed by atoms with E-state index in [2.05, 4.69) is 46.7 Å². The second-order valence-electron chi connectivity index (χ2n) is 4.51. The van der Waals surface area contributed by atoms with Crippen molar-refractivity contribution in [1.82, 2.24) is 20.2 Å². The third-order valence-corrected chi connectivity index (χ3v) is 3.38. The number of nitrogens with one attached hydrogen (secondary N) is 2. The normalized spacial score (nSPS) is 10.2. The Labute approximate surface area is 136 Å². The standard InChI is InChI=1S/C15H13BrN6/c16-12-3-5-13(6-4-12)20-14-10-19-22-15(21-14)18-9-11-2-1-7-17-8-11/h1-8,10H,9H2,(H2,18,20,21,22). The number of hydrogen-bond acceptors (Lipinski definition) is 6. The van der Waals surface area contributed by atoms with Crippen molar-refractivity contribution in [3.05, 3.63) is 65.0 Å². The van der Waals surface area contributed by atoms with Crippen LogP contribution in [0.15, 0.2) is 59.5 Å². The largest absolute Gasteiger partial charge is 0.349 e. The minimum atomic E-state index is 0.464. The number of pyridine rings is 1. The molecule has 2 N–H and O–H groups in total. The van der Waals surface area contributed by atoms with Gasteiger partial charge in [0.1, 0.15) is 0 Å². The molecule has 0 aliphatic rings. The predicted octanol–water partition coefficient (Wildman–Crippen LogP) is 3.38. The van der Waals surface area contributed by atoms with Gasteiger partial charge in [0.25, 0.3) is 0 Å². The molecule has 0 unspecified atom stereocenters. The van der Waals surface area contributed by atoms with Gasteiger partial charge in [0.2, 0.25) is 5.95 Å². The molecular weight excluding hydrogens is 344 g/mol. The summed E-state index contributed by atoms with van der Waals surface area (Å²) in [6.07, 6.45) is 5.12. The van der Waals surface area contributed by atoms with Gasteiger partial charge in [-0.3, -0.25) is 4.98 Å². The monoisotopic (exact) mass is 356 g/mol. The Morgan fingerprint density at radius 1 is 1.05 bits per heavy atom. The average Bonchev–Trinajstić information content (AvgIpc) is 2.57. The topological polar surface area (TPSA) is 75.6 Å². The number of nitrogens with zero attached hydrogens (tertiary/aromatic N) is 4. The maximum absolute atomic E-state index is 4.38. The van der Waals surface area contributed by atoms with Gasteiger partial charge in [0.15, 0.2) is 5.82 Å². The highest BCUT2D eigenvalue weighted by Crippen LogP contribution is 2.17. The smallest absolute Gasteiger partial charge is 0.244 e. The Bertz CT molecular complexity index is 733. The minimum absolute atomic E-state index is 0.464. The van der Waals surface area contributed by atoms with E-state index in [1.807, 2.05) is 36.4 Å². The van der Waals surface area contributed by atoms with Gasteiger partial charge in [-0.05, 0) is 35.9 Å². The number of anilines is 3. The third-order valence-electron chi connectivity index (χ3n) is 2.85. The van der Waals surface area contributed by atoms with Crippen molar-refractivity contribution in [3.63, 3.8) is 0 Å². The minimum Gasteiger partial charge on any atom is -0.349 e. The second kappa shape index (κ2) is 6.95. The maximum Gasteiger partial charge on any atom is 0.244 e. The first-order chi connectivity index (χ1) is 10.8. The molecule has 110 valence electrons. The fraction of sp³-hybridized carbons (Fsp3) is 0.0667. The number of halogens is 1. The van der Waals surface area contributed by atoms with Crippen molar-refractivity contribution in [2.45, 2.75) is 6.54 Å². The van der Waals surface area contributed by atoms with E-state index < -0.39 is 0 Å². The molecule has 2 aromatic heterocycles. The third kappa shape index (κ3) is 3.98. The van der Waals surface area contributed by atoms with Crippen LogP contribution in [0.3, 0.4) is 0 Å². The number of aromatic nitrogens is 4. The van der Waals surface area contributed by atoms with Crippen LogP contribution >= 0.6 is 15.9 Å². The van der Waals surface area contributed by atoms with Crippen LogP contribution in [0.5, 0.6) is 0 Å². The summed E-state index contributed by atoms with van der Waals surface area (Å²) in [4.78, 5) is 8.44. The summed E-state index contributed by atoms with van der Waals surface area (Å²) < 4.78 is 1.03.